The first-order valence-electron chi connectivity index (χ1n) is 6.01. The summed E-state index contributed by atoms with van der Waals surface area (Å²) in [6.45, 7) is 1.39. The number of rotatable bonds is 5. The molecule has 0 fully saturated rings. The molecule has 0 aliphatic heterocycles. The Morgan fingerprint density at radius 1 is 1.43 bits per heavy atom. The van der Waals surface area contributed by atoms with E-state index in [-0.39, 0.29) is 13.2 Å². The van der Waals surface area contributed by atoms with Crippen LogP contribution in [-0.4, -0.2) is 32.6 Å². The number of carbonyl (C=O) groups excluding carboxylic acids is 1. The summed E-state index contributed by atoms with van der Waals surface area (Å²) in [6.07, 6.45) is -0.673. The van der Waals surface area contributed by atoms with Gasteiger partial charge in [-0.25, -0.2) is 22.6 Å². The molecule has 0 aliphatic carbocycles. The number of hydrogen-bond acceptors (Lipinski definition) is 5. The van der Waals surface area contributed by atoms with Crippen molar-refractivity contribution in [2.75, 3.05) is 6.61 Å². The van der Waals surface area contributed by atoms with E-state index in [0.717, 1.165) is 16.9 Å². The van der Waals surface area contributed by atoms with Crippen LogP contribution < -0.4 is 0 Å². The van der Waals surface area contributed by atoms with Gasteiger partial charge in [-0.2, -0.15) is 0 Å². The Labute approximate surface area is 117 Å². The second-order valence-electron chi connectivity index (χ2n) is 4.01. The molecule has 0 bridgehead atoms. The normalized spacial score (nSPS) is 10.9. The summed E-state index contributed by atoms with van der Waals surface area (Å²) in [5.74, 6) is -1.58. The summed E-state index contributed by atoms with van der Waals surface area (Å²) >= 11 is 0. The fourth-order valence-electron chi connectivity index (χ4n) is 1.71. The van der Waals surface area contributed by atoms with Crippen molar-refractivity contribution in [1.29, 1.82) is 0 Å². The molecular formula is C12H11F3N4O2. The molecular weight excluding hydrogens is 289 g/mol. The monoisotopic (exact) mass is 300 g/mol. The van der Waals surface area contributed by atoms with E-state index in [1.165, 1.54) is 6.20 Å². The van der Waals surface area contributed by atoms with E-state index in [4.69, 9.17) is 0 Å². The third-order valence-electron chi connectivity index (χ3n) is 2.54. The molecule has 0 N–H and O–H groups in total. The highest BCUT2D eigenvalue weighted by Gasteiger charge is 2.27. The number of ether oxygens (including phenoxy) is 1. The number of alkyl halides is 2. The molecule has 112 valence electrons. The largest absolute Gasteiger partial charge is 0.461 e. The van der Waals surface area contributed by atoms with E-state index in [2.05, 4.69) is 20.0 Å². The summed E-state index contributed by atoms with van der Waals surface area (Å²) in [5, 5.41) is 6.92. The number of nitrogens with zero attached hydrogens (tertiary/aromatic N) is 4. The van der Waals surface area contributed by atoms with Crippen molar-refractivity contribution in [3.05, 3.63) is 41.2 Å². The van der Waals surface area contributed by atoms with Crippen LogP contribution in [-0.2, 0) is 11.3 Å². The third kappa shape index (κ3) is 3.36. The Hall–Kier alpha value is -2.45. The third-order valence-corrected chi connectivity index (χ3v) is 2.54. The quantitative estimate of drug-likeness (QED) is 0.790. The molecule has 0 amide bonds. The first-order valence-corrected chi connectivity index (χ1v) is 6.01. The molecule has 0 radical (unpaired) electrons. The van der Waals surface area contributed by atoms with Crippen LogP contribution >= 0.6 is 0 Å². The first-order chi connectivity index (χ1) is 10.0. The van der Waals surface area contributed by atoms with Crippen molar-refractivity contribution >= 4 is 5.97 Å². The number of esters is 1. The second-order valence-corrected chi connectivity index (χ2v) is 4.01. The standard InChI is InChI=1S/C12H11F3N4O2/c1-2-21-12(20)9-10(11(14)15)19(18-17-9)6-7-3-8(13)5-16-4-7/h3-5,11H,2,6H2,1H3. The van der Waals surface area contributed by atoms with Crippen LogP contribution in [0.2, 0.25) is 0 Å². The molecule has 0 saturated carbocycles. The van der Waals surface area contributed by atoms with Gasteiger partial charge in [-0.1, -0.05) is 5.21 Å². The van der Waals surface area contributed by atoms with Crippen molar-refractivity contribution in [3.63, 3.8) is 0 Å². The minimum Gasteiger partial charge on any atom is -0.461 e. The zero-order valence-corrected chi connectivity index (χ0v) is 11.0. The van der Waals surface area contributed by atoms with E-state index >= 15 is 0 Å². The summed E-state index contributed by atoms with van der Waals surface area (Å²) < 4.78 is 44.7. The molecule has 21 heavy (non-hydrogen) atoms. The highest BCUT2D eigenvalue weighted by molar-refractivity contribution is 5.88. The summed E-state index contributed by atoms with van der Waals surface area (Å²) in [4.78, 5) is 15.2. The highest BCUT2D eigenvalue weighted by atomic mass is 19.3. The molecule has 0 atom stereocenters. The number of halogens is 3. The molecule has 9 heteroatoms. The molecule has 2 heterocycles. The lowest BCUT2D eigenvalue weighted by Crippen LogP contribution is -2.12. The van der Waals surface area contributed by atoms with Crippen molar-refractivity contribution in [1.82, 2.24) is 20.0 Å². The topological polar surface area (TPSA) is 69.9 Å². The van der Waals surface area contributed by atoms with Crippen LogP contribution in [0.1, 0.15) is 35.1 Å². The fourth-order valence-corrected chi connectivity index (χ4v) is 1.71. The Balaban J connectivity index is 2.34. The average molecular weight is 300 g/mol. The number of hydrogen-bond donors (Lipinski definition) is 0. The number of aromatic nitrogens is 4. The van der Waals surface area contributed by atoms with E-state index < -0.39 is 29.6 Å². The van der Waals surface area contributed by atoms with E-state index in [9.17, 15) is 18.0 Å². The van der Waals surface area contributed by atoms with Gasteiger partial charge >= 0.3 is 5.97 Å². The van der Waals surface area contributed by atoms with Gasteiger partial charge in [0.2, 0.25) is 0 Å². The van der Waals surface area contributed by atoms with Crippen molar-refractivity contribution in [3.8, 4) is 0 Å². The first kappa shape index (κ1) is 14.9. The van der Waals surface area contributed by atoms with Crippen LogP contribution in [0.25, 0.3) is 0 Å². The zero-order valence-electron chi connectivity index (χ0n) is 11.0. The smallest absolute Gasteiger partial charge is 0.361 e. The minimum absolute atomic E-state index is 0.0299. The predicted octanol–water partition coefficient (Wildman–Crippen LogP) is 1.97. The molecule has 2 aromatic heterocycles. The maximum atomic E-state index is 13.1. The van der Waals surface area contributed by atoms with Gasteiger partial charge in [0.15, 0.2) is 5.69 Å². The maximum absolute atomic E-state index is 13.1. The lowest BCUT2D eigenvalue weighted by Gasteiger charge is -2.07. The van der Waals surface area contributed by atoms with Gasteiger partial charge in [-0.05, 0) is 18.6 Å². The Bertz CT molecular complexity index is 645. The molecule has 0 aliphatic rings. The molecule has 2 aromatic rings. The van der Waals surface area contributed by atoms with Crippen molar-refractivity contribution in [2.45, 2.75) is 19.9 Å². The van der Waals surface area contributed by atoms with Gasteiger partial charge in [0.05, 0.1) is 19.3 Å². The lowest BCUT2D eigenvalue weighted by atomic mass is 10.2. The predicted molar refractivity (Wildman–Crippen MR) is 64.2 cm³/mol. The zero-order chi connectivity index (χ0) is 15.4. The van der Waals surface area contributed by atoms with E-state index in [1.807, 2.05) is 0 Å². The molecule has 0 saturated heterocycles. The van der Waals surface area contributed by atoms with Crippen molar-refractivity contribution < 1.29 is 22.7 Å². The van der Waals surface area contributed by atoms with Gasteiger partial charge < -0.3 is 4.74 Å². The van der Waals surface area contributed by atoms with E-state index in [0.29, 0.717) is 5.56 Å². The van der Waals surface area contributed by atoms with Gasteiger partial charge in [0.25, 0.3) is 6.43 Å². The van der Waals surface area contributed by atoms with Crippen LogP contribution in [0.5, 0.6) is 0 Å². The summed E-state index contributed by atoms with van der Waals surface area (Å²) in [7, 11) is 0. The van der Waals surface area contributed by atoms with Gasteiger partial charge in [0.1, 0.15) is 11.5 Å². The molecule has 2 rings (SSSR count). The maximum Gasteiger partial charge on any atom is 0.361 e. The van der Waals surface area contributed by atoms with Gasteiger partial charge in [0, 0.05) is 6.20 Å². The van der Waals surface area contributed by atoms with E-state index in [1.54, 1.807) is 6.92 Å². The van der Waals surface area contributed by atoms with Gasteiger partial charge in [-0.3, -0.25) is 4.98 Å². The Kier molecular flexibility index (Phi) is 4.51. The Morgan fingerprint density at radius 2 is 2.19 bits per heavy atom. The molecule has 0 spiro atoms. The fraction of sp³-hybridized carbons (Fsp3) is 0.333. The molecule has 6 nitrogen and oxygen atoms in total. The number of pyridine rings is 1. The number of carbonyl (C=O) groups is 1. The van der Waals surface area contributed by atoms with Gasteiger partial charge in [-0.15, -0.1) is 5.10 Å². The SMILES string of the molecule is CCOC(=O)c1nnn(Cc2cncc(F)c2)c1C(F)F. The van der Waals surface area contributed by atoms with Crippen LogP contribution in [0.4, 0.5) is 13.2 Å². The molecule has 0 unspecified atom stereocenters. The Morgan fingerprint density at radius 3 is 2.81 bits per heavy atom. The second kappa shape index (κ2) is 6.33. The average Bonchev–Trinajstić information content (AvgIpc) is 2.83. The lowest BCUT2D eigenvalue weighted by molar-refractivity contribution is 0.0506. The minimum atomic E-state index is -2.97. The van der Waals surface area contributed by atoms with Crippen LogP contribution in [0.3, 0.4) is 0 Å². The molecule has 0 aromatic carbocycles. The van der Waals surface area contributed by atoms with Crippen LogP contribution in [0.15, 0.2) is 18.5 Å². The highest BCUT2D eigenvalue weighted by Crippen LogP contribution is 2.22. The summed E-state index contributed by atoms with van der Waals surface area (Å²) in [5.41, 5.74) is -0.897. The van der Waals surface area contributed by atoms with Crippen LogP contribution in [0, 0.1) is 5.82 Å². The summed E-state index contributed by atoms with van der Waals surface area (Å²) in [6, 6.07) is 1.13. The van der Waals surface area contributed by atoms with Crippen molar-refractivity contribution in [2.24, 2.45) is 0 Å².